The van der Waals surface area contributed by atoms with E-state index in [0.717, 1.165) is 24.0 Å². The molecule has 5 heteroatoms. The van der Waals surface area contributed by atoms with Gasteiger partial charge < -0.3 is 4.90 Å². The molecule has 4 nitrogen and oxygen atoms in total. The summed E-state index contributed by atoms with van der Waals surface area (Å²) < 4.78 is 1.87. The first-order chi connectivity index (χ1) is 10.5. The standard InChI is InChI=1S/C17H22ClN3O/c1-12-7-13(2)11-20(10-12)17(22)5-6-21-16-8-15(18)4-3-14(16)9-19-21/h3-4,8-9,12-13H,5-7,10-11H2,1-2H3. The van der Waals surface area contributed by atoms with E-state index in [0.29, 0.717) is 29.8 Å². The Morgan fingerprint density at radius 2 is 2.05 bits per heavy atom. The van der Waals surface area contributed by atoms with E-state index in [1.54, 1.807) is 0 Å². The smallest absolute Gasteiger partial charge is 0.224 e. The summed E-state index contributed by atoms with van der Waals surface area (Å²) in [5, 5.41) is 6.12. The predicted octanol–water partition coefficient (Wildman–Crippen LogP) is 3.58. The highest BCUT2D eigenvalue weighted by Gasteiger charge is 2.25. The highest BCUT2D eigenvalue weighted by molar-refractivity contribution is 6.31. The van der Waals surface area contributed by atoms with Gasteiger partial charge in [0, 0.05) is 29.9 Å². The lowest BCUT2D eigenvalue weighted by Gasteiger charge is -2.35. The number of aryl methyl sites for hydroxylation is 1. The first-order valence-corrected chi connectivity index (χ1v) is 8.29. The van der Waals surface area contributed by atoms with E-state index < -0.39 is 0 Å². The van der Waals surface area contributed by atoms with Crippen molar-refractivity contribution in [2.45, 2.75) is 33.2 Å². The van der Waals surface area contributed by atoms with E-state index in [4.69, 9.17) is 11.6 Å². The average Bonchev–Trinajstić information content (AvgIpc) is 2.86. The molecule has 0 radical (unpaired) electrons. The number of hydrogen-bond acceptors (Lipinski definition) is 2. The fourth-order valence-corrected chi connectivity index (χ4v) is 3.61. The first kappa shape index (κ1) is 15.3. The van der Waals surface area contributed by atoms with Crippen molar-refractivity contribution in [1.29, 1.82) is 0 Å². The number of carbonyl (C=O) groups is 1. The van der Waals surface area contributed by atoms with Crippen LogP contribution >= 0.6 is 11.6 Å². The van der Waals surface area contributed by atoms with Gasteiger partial charge in [-0.2, -0.15) is 5.10 Å². The van der Waals surface area contributed by atoms with E-state index in [1.165, 1.54) is 6.42 Å². The zero-order valence-corrected chi connectivity index (χ0v) is 13.9. The Kier molecular flexibility index (Phi) is 4.39. The summed E-state index contributed by atoms with van der Waals surface area (Å²) in [6.45, 7) is 6.81. The van der Waals surface area contributed by atoms with E-state index >= 15 is 0 Å². The number of amides is 1. The van der Waals surface area contributed by atoms with Crippen LogP contribution in [-0.2, 0) is 11.3 Å². The molecule has 22 heavy (non-hydrogen) atoms. The zero-order chi connectivity index (χ0) is 15.7. The summed E-state index contributed by atoms with van der Waals surface area (Å²) in [7, 11) is 0. The van der Waals surface area contributed by atoms with Crippen LogP contribution in [-0.4, -0.2) is 33.7 Å². The molecule has 0 spiro atoms. The molecular weight excluding hydrogens is 298 g/mol. The minimum atomic E-state index is 0.226. The van der Waals surface area contributed by atoms with Gasteiger partial charge in [-0.15, -0.1) is 0 Å². The number of hydrogen-bond donors (Lipinski definition) is 0. The number of likely N-dealkylation sites (tertiary alicyclic amines) is 1. The summed E-state index contributed by atoms with van der Waals surface area (Å²) in [4.78, 5) is 14.5. The molecule has 1 aliphatic rings. The largest absolute Gasteiger partial charge is 0.342 e. The van der Waals surface area contributed by atoms with Crippen LogP contribution in [0.4, 0.5) is 0 Å². The fraction of sp³-hybridized carbons (Fsp3) is 0.529. The fourth-order valence-electron chi connectivity index (χ4n) is 3.45. The summed E-state index contributed by atoms with van der Waals surface area (Å²) in [5.41, 5.74) is 0.987. The van der Waals surface area contributed by atoms with Crippen LogP contribution in [0.25, 0.3) is 10.9 Å². The number of aromatic nitrogens is 2. The molecular formula is C17H22ClN3O. The van der Waals surface area contributed by atoms with Crippen molar-refractivity contribution in [2.24, 2.45) is 11.8 Å². The highest BCUT2D eigenvalue weighted by atomic mass is 35.5. The maximum atomic E-state index is 12.4. The number of piperidine rings is 1. The lowest BCUT2D eigenvalue weighted by atomic mass is 9.92. The van der Waals surface area contributed by atoms with Crippen molar-refractivity contribution in [2.75, 3.05) is 13.1 Å². The Labute approximate surface area is 136 Å². The van der Waals surface area contributed by atoms with Crippen molar-refractivity contribution in [3.63, 3.8) is 0 Å². The Morgan fingerprint density at radius 3 is 2.77 bits per heavy atom. The molecule has 1 aromatic heterocycles. The second-order valence-electron chi connectivity index (χ2n) is 6.57. The van der Waals surface area contributed by atoms with Crippen molar-refractivity contribution in [1.82, 2.24) is 14.7 Å². The lowest BCUT2D eigenvalue weighted by molar-refractivity contribution is -0.134. The molecule has 0 saturated carbocycles. The van der Waals surface area contributed by atoms with Crippen LogP contribution in [0.5, 0.6) is 0 Å². The summed E-state index contributed by atoms with van der Waals surface area (Å²) in [6, 6.07) is 5.72. The molecule has 2 atom stereocenters. The number of rotatable bonds is 3. The molecule has 118 valence electrons. The van der Waals surface area contributed by atoms with Crippen molar-refractivity contribution < 1.29 is 4.79 Å². The van der Waals surface area contributed by atoms with Crippen LogP contribution in [0, 0.1) is 11.8 Å². The monoisotopic (exact) mass is 319 g/mol. The van der Waals surface area contributed by atoms with Crippen LogP contribution in [0.2, 0.25) is 5.02 Å². The van der Waals surface area contributed by atoms with Gasteiger partial charge in [0.25, 0.3) is 0 Å². The Bertz CT molecular complexity index is 672. The van der Waals surface area contributed by atoms with E-state index in [9.17, 15) is 4.79 Å². The van der Waals surface area contributed by atoms with Gasteiger partial charge in [-0.1, -0.05) is 25.4 Å². The van der Waals surface area contributed by atoms with E-state index in [-0.39, 0.29) is 5.91 Å². The van der Waals surface area contributed by atoms with Gasteiger partial charge in [0.1, 0.15) is 0 Å². The maximum Gasteiger partial charge on any atom is 0.224 e. The summed E-state index contributed by atoms with van der Waals surface area (Å²) >= 11 is 6.05. The number of fused-ring (bicyclic) bond motifs is 1. The molecule has 3 rings (SSSR count). The Hall–Kier alpha value is -1.55. The Balaban J connectivity index is 1.66. The SMILES string of the molecule is CC1CC(C)CN(C(=O)CCn2ncc3ccc(Cl)cc32)C1. The lowest BCUT2D eigenvalue weighted by Crippen LogP contribution is -2.42. The minimum Gasteiger partial charge on any atom is -0.342 e. The zero-order valence-electron chi connectivity index (χ0n) is 13.1. The number of carbonyl (C=O) groups excluding carboxylic acids is 1. The molecule has 0 bridgehead atoms. The van der Waals surface area contributed by atoms with E-state index in [2.05, 4.69) is 18.9 Å². The normalized spacial score (nSPS) is 22.2. The molecule has 1 saturated heterocycles. The van der Waals surface area contributed by atoms with Crippen LogP contribution < -0.4 is 0 Å². The van der Waals surface area contributed by atoms with Gasteiger partial charge in [-0.25, -0.2) is 0 Å². The van der Waals surface area contributed by atoms with Crippen LogP contribution in [0.15, 0.2) is 24.4 Å². The molecule has 2 unspecified atom stereocenters. The number of benzene rings is 1. The average molecular weight is 320 g/mol. The van der Waals surface area contributed by atoms with Gasteiger partial charge in [-0.3, -0.25) is 9.48 Å². The van der Waals surface area contributed by atoms with Crippen molar-refractivity contribution in [3.8, 4) is 0 Å². The third kappa shape index (κ3) is 3.27. The minimum absolute atomic E-state index is 0.226. The molecule has 0 aliphatic carbocycles. The second-order valence-corrected chi connectivity index (χ2v) is 7.00. The first-order valence-electron chi connectivity index (χ1n) is 7.92. The summed E-state index contributed by atoms with van der Waals surface area (Å²) in [6.07, 6.45) is 3.52. The summed E-state index contributed by atoms with van der Waals surface area (Å²) in [5.74, 6) is 1.41. The van der Waals surface area contributed by atoms with Gasteiger partial charge in [0.15, 0.2) is 0 Å². The maximum absolute atomic E-state index is 12.4. The quantitative estimate of drug-likeness (QED) is 0.867. The third-order valence-corrected chi connectivity index (χ3v) is 4.60. The topological polar surface area (TPSA) is 38.1 Å². The van der Waals surface area contributed by atoms with Gasteiger partial charge in [-0.05, 0) is 36.5 Å². The number of halogens is 1. The van der Waals surface area contributed by atoms with Crippen molar-refractivity contribution in [3.05, 3.63) is 29.4 Å². The second kappa shape index (κ2) is 6.29. The molecule has 1 fully saturated rings. The van der Waals surface area contributed by atoms with Crippen LogP contribution in [0.1, 0.15) is 26.7 Å². The van der Waals surface area contributed by atoms with Gasteiger partial charge >= 0.3 is 0 Å². The van der Waals surface area contributed by atoms with Crippen molar-refractivity contribution >= 4 is 28.4 Å². The molecule has 1 aromatic carbocycles. The molecule has 2 aromatic rings. The molecule has 1 amide bonds. The Morgan fingerprint density at radius 1 is 1.32 bits per heavy atom. The molecule has 1 aliphatic heterocycles. The number of nitrogens with zero attached hydrogens (tertiary/aromatic N) is 3. The molecule has 0 N–H and O–H groups in total. The van der Waals surface area contributed by atoms with Gasteiger partial charge in [0.2, 0.25) is 5.91 Å². The third-order valence-electron chi connectivity index (χ3n) is 4.37. The van der Waals surface area contributed by atoms with E-state index in [1.807, 2.05) is 34.0 Å². The van der Waals surface area contributed by atoms with Gasteiger partial charge in [0.05, 0.1) is 18.3 Å². The molecule has 2 heterocycles. The predicted molar refractivity (Wildman–Crippen MR) is 88.9 cm³/mol. The van der Waals surface area contributed by atoms with Crippen LogP contribution in [0.3, 0.4) is 0 Å². The highest BCUT2D eigenvalue weighted by Crippen LogP contribution is 2.22.